The van der Waals surface area contributed by atoms with Crippen LogP contribution < -0.4 is 11.1 Å². The minimum absolute atomic E-state index is 0.253. The number of aliphatic hydroxyl groups is 1. The first-order valence-corrected chi connectivity index (χ1v) is 5.28. The smallest absolute Gasteiger partial charge is 0.0735 e. The van der Waals surface area contributed by atoms with Gasteiger partial charge in [0.1, 0.15) is 0 Å². The second-order valence-corrected chi connectivity index (χ2v) is 4.28. The zero-order valence-corrected chi connectivity index (χ0v) is 9.62. The second kappa shape index (κ2) is 5.03. The average Bonchev–Trinajstić information content (AvgIpc) is 2.18. The van der Waals surface area contributed by atoms with E-state index in [0.29, 0.717) is 6.54 Å². The molecule has 4 N–H and O–H groups in total. The lowest BCUT2D eigenvalue weighted by Crippen LogP contribution is -2.25. The Morgan fingerprint density at radius 2 is 2.07 bits per heavy atom. The predicted molar refractivity (Wildman–Crippen MR) is 64.9 cm³/mol. The van der Waals surface area contributed by atoms with Gasteiger partial charge in [-0.05, 0) is 30.5 Å². The molecule has 0 fully saturated rings. The summed E-state index contributed by atoms with van der Waals surface area (Å²) in [6.45, 7) is 6.53. The van der Waals surface area contributed by atoms with Crippen LogP contribution in [0.1, 0.15) is 19.4 Å². The van der Waals surface area contributed by atoms with Gasteiger partial charge in [0, 0.05) is 6.54 Å². The maximum absolute atomic E-state index is 9.64. The molecule has 15 heavy (non-hydrogen) atoms. The molecule has 1 rings (SSSR count). The summed E-state index contributed by atoms with van der Waals surface area (Å²) in [7, 11) is 0. The Labute approximate surface area is 91.3 Å². The molecule has 1 atom stereocenters. The van der Waals surface area contributed by atoms with E-state index in [0.717, 1.165) is 16.9 Å². The van der Waals surface area contributed by atoms with Crippen LogP contribution in [0.5, 0.6) is 0 Å². The Hall–Kier alpha value is -1.22. The second-order valence-electron chi connectivity index (χ2n) is 4.28. The van der Waals surface area contributed by atoms with Crippen molar-refractivity contribution in [3.05, 3.63) is 23.8 Å². The van der Waals surface area contributed by atoms with Crippen LogP contribution in [-0.2, 0) is 0 Å². The largest absolute Gasteiger partial charge is 0.397 e. The number of hydrogen-bond donors (Lipinski definition) is 3. The van der Waals surface area contributed by atoms with Crippen LogP contribution in [0.2, 0.25) is 0 Å². The number of benzene rings is 1. The minimum Gasteiger partial charge on any atom is -0.397 e. The highest BCUT2D eigenvalue weighted by molar-refractivity contribution is 5.66. The van der Waals surface area contributed by atoms with Crippen molar-refractivity contribution < 1.29 is 5.11 Å². The molecule has 1 unspecified atom stereocenters. The van der Waals surface area contributed by atoms with Gasteiger partial charge in [-0.25, -0.2) is 0 Å². The molecule has 0 aliphatic rings. The summed E-state index contributed by atoms with van der Waals surface area (Å²) in [6.07, 6.45) is -0.343. The Morgan fingerprint density at radius 1 is 1.40 bits per heavy atom. The highest BCUT2D eigenvalue weighted by Crippen LogP contribution is 2.19. The lowest BCUT2D eigenvalue weighted by Gasteiger charge is -2.17. The fraction of sp³-hybridized carbons (Fsp3) is 0.500. The number of hydrogen-bond acceptors (Lipinski definition) is 3. The lowest BCUT2D eigenvalue weighted by atomic mass is 10.1. The van der Waals surface area contributed by atoms with Crippen molar-refractivity contribution in [1.29, 1.82) is 0 Å². The van der Waals surface area contributed by atoms with E-state index in [1.54, 1.807) is 0 Å². The van der Waals surface area contributed by atoms with Gasteiger partial charge in [0.25, 0.3) is 0 Å². The van der Waals surface area contributed by atoms with Gasteiger partial charge in [-0.3, -0.25) is 0 Å². The summed E-state index contributed by atoms with van der Waals surface area (Å²) in [5, 5.41) is 12.8. The van der Waals surface area contributed by atoms with E-state index >= 15 is 0 Å². The molecule has 3 heteroatoms. The summed E-state index contributed by atoms with van der Waals surface area (Å²) >= 11 is 0. The maximum Gasteiger partial charge on any atom is 0.0735 e. The SMILES string of the molecule is Cc1ccc(N)c(NCC(O)C(C)C)c1. The maximum atomic E-state index is 9.64. The molecule has 0 saturated carbocycles. The molecular weight excluding hydrogens is 188 g/mol. The number of nitrogens with one attached hydrogen (secondary N) is 1. The summed E-state index contributed by atoms with van der Waals surface area (Å²) < 4.78 is 0. The van der Waals surface area contributed by atoms with Gasteiger partial charge >= 0.3 is 0 Å². The van der Waals surface area contributed by atoms with E-state index in [1.165, 1.54) is 0 Å². The van der Waals surface area contributed by atoms with E-state index in [-0.39, 0.29) is 12.0 Å². The monoisotopic (exact) mass is 208 g/mol. The normalized spacial score (nSPS) is 12.9. The van der Waals surface area contributed by atoms with Crippen LogP contribution in [0, 0.1) is 12.8 Å². The van der Waals surface area contributed by atoms with E-state index < -0.39 is 0 Å². The molecule has 0 aliphatic carbocycles. The Balaban J connectivity index is 2.61. The van der Waals surface area contributed by atoms with Crippen LogP contribution in [0.25, 0.3) is 0 Å². The van der Waals surface area contributed by atoms with Crippen molar-refractivity contribution >= 4 is 11.4 Å². The van der Waals surface area contributed by atoms with E-state index in [2.05, 4.69) is 5.32 Å². The van der Waals surface area contributed by atoms with Gasteiger partial charge in [-0.15, -0.1) is 0 Å². The van der Waals surface area contributed by atoms with Crippen molar-refractivity contribution in [2.24, 2.45) is 5.92 Å². The van der Waals surface area contributed by atoms with Crippen LogP contribution >= 0.6 is 0 Å². The van der Waals surface area contributed by atoms with E-state index in [1.807, 2.05) is 39.0 Å². The number of aliphatic hydroxyl groups excluding tert-OH is 1. The number of nitrogens with two attached hydrogens (primary N) is 1. The summed E-state index contributed by atoms with van der Waals surface area (Å²) in [5.41, 5.74) is 8.58. The van der Waals surface area contributed by atoms with E-state index in [4.69, 9.17) is 5.73 Å². The Kier molecular flexibility index (Phi) is 3.97. The average molecular weight is 208 g/mol. The first kappa shape index (κ1) is 11.9. The molecule has 1 aromatic carbocycles. The molecule has 1 aromatic rings. The third-order valence-electron chi connectivity index (χ3n) is 2.48. The molecular formula is C12H20N2O. The zero-order chi connectivity index (χ0) is 11.4. The van der Waals surface area contributed by atoms with Crippen molar-refractivity contribution in [2.45, 2.75) is 26.9 Å². The third-order valence-corrected chi connectivity index (χ3v) is 2.48. The lowest BCUT2D eigenvalue weighted by molar-refractivity contribution is 0.138. The molecule has 0 bridgehead atoms. The van der Waals surface area contributed by atoms with Crippen molar-refractivity contribution in [1.82, 2.24) is 0 Å². The first-order chi connectivity index (χ1) is 7.00. The molecule has 0 radical (unpaired) electrons. The molecule has 3 nitrogen and oxygen atoms in total. The van der Waals surface area contributed by atoms with Gasteiger partial charge in [-0.2, -0.15) is 0 Å². The predicted octanol–water partition coefficient (Wildman–Crippen LogP) is 2.01. The zero-order valence-electron chi connectivity index (χ0n) is 9.62. The van der Waals surface area contributed by atoms with Crippen LogP contribution in [0.15, 0.2) is 18.2 Å². The highest BCUT2D eigenvalue weighted by atomic mass is 16.3. The van der Waals surface area contributed by atoms with Gasteiger partial charge in [0.15, 0.2) is 0 Å². The quantitative estimate of drug-likeness (QED) is 0.663. The first-order valence-electron chi connectivity index (χ1n) is 5.28. The number of aryl methyl sites for hydroxylation is 1. The number of nitrogen functional groups attached to an aromatic ring is 1. The summed E-state index contributed by atoms with van der Waals surface area (Å²) in [5.74, 6) is 0.253. The van der Waals surface area contributed by atoms with Gasteiger partial charge < -0.3 is 16.2 Å². The van der Waals surface area contributed by atoms with Crippen LogP contribution in [-0.4, -0.2) is 17.8 Å². The fourth-order valence-electron chi connectivity index (χ4n) is 1.27. The Bertz CT molecular complexity index is 323. The standard InChI is InChI=1S/C12H20N2O/c1-8(2)12(15)7-14-11-6-9(3)4-5-10(11)13/h4-6,8,12,14-15H,7,13H2,1-3H3. The van der Waals surface area contributed by atoms with E-state index in [9.17, 15) is 5.11 Å². The number of rotatable bonds is 4. The molecule has 0 heterocycles. The molecule has 84 valence electrons. The van der Waals surface area contributed by atoms with Gasteiger partial charge in [-0.1, -0.05) is 19.9 Å². The van der Waals surface area contributed by atoms with Crippen LogP contribution in [0.3, 0.4) is 0 Å². The third kappa shape index (κ3) is 3.44. The molecule has 0 amide bonds. The van der Waals surface area contributed by atoms with Crippen molar-refractivity contribution in [2.75, 3.05) is 17.6 Å². The van der Waals surface area contributed by atoms with Gasteiger partial charge in [0.05, 0.1) is 17.5 Å². The summed E-state index contributed by atoms with van der Waals surface area (Å²) in [6, 6.07) is 5.83. The Morgan fingerprint density at radius 3 is 2.67 bits per heavy atom. The van der Waals surface area contributed by atoms with Crippen molar-refractivity contribution in [3.8, 4) is 0 Å². The minimum atomic E-state index is -0.343. The molecule has 0 aromatic heterocycles. The van der Waals surface area contributed by atoms with Gasteiger partial charge in [0.2, 0.25) is 0 Å². The van der Waals surface area contributed by atoms with Crippen molar-refractivity contribution in [3.63, 3.8) is 0 Å². The highest BCUT2D eigenvalue weighted by Gasteiger charge is 2.09. The molecule has 0 spiro atoms. The van der Waals surface area contributed by atoms with Crippen LogP contribution in [0.4, 0.5) is 11.4 Å². The number of anilines is 2. The fourth-order valence-corrected chi connectivity index (χ4v) is 1.27. The molecule has 0 aliphatic heterocycles. The topological polar surface area (TPSA) is 58.3 Å². The summed E-state index contributed by atoms with van der Waals surface area (Å²) in [4.78, 5) is 0. The molecule has 0 saturated heterocycles.